The molecule has 0 bridgehead atoms. The molecule has 0 spiro atoms. The monoisotopic (exact) mass is 118 g/mol. The van der Waals surface area contributed by atoms with Crippen molar-refractivity contribution >= 4 is 15.7 Å². The molecule has 0 saturated heterocycles. The van der Waals surface area contributed by atoms with Crippen LogP contribution in [0.4, 0.5) is 0 Å². The number of hydrogen-bond acceptors (Lipinski definition) is 0. The highest BCUT2D eigenvalue weighted by atomic mass is 14.5. The summed E-state index contributed by atoms with van der Waals surface area (Å²) < 4.78 is 0. The van der Waals surface area contributed by atoms with Crippen molar-refractivity contribution in [3.63, 3.8) is 0 Å². The van der Waals surface area contributed by atoms with Crippen molar-refractivity contribution in [3.05, 3.63) is 12.2 Å². The molecule has 0 aromatic heterocycles. The third-order valence-electron chi connectivity index (χ3n) is 3.13. The van der Waals surface area contributed by atoms with Gasteiger partial charge in [0.1, 0.15) is 15.7 Å². The molecule has 1 fully saturated rings. The quantitative estimate of drug-likeness (QED) is 0.309. The van der Waals surface area contributed by atoms with Crippen LogP contribution in [0.15, 0.2) is 12.2 Å². The van der Waals surface area contributed by atoms with Gasteiger partial charge in [-0.2, -0.15) is 0 Å². The van der Waals surface area contributed by atoms with E-state index >= 15 is 0 Å². The molecule has 0 aromatic carbocycles. The van der Waals surface area contributed by atoms with E-state index in [1.54, 1.807) is 0 Å². The fraction of sp³-hybridized carbons (Fsp3) is 0.714. The van der Waals surface area contributed by atoms with E-state index in [9.17, 15) is 0 Å². The van der Waals surface area contributed by atoms with E-state index in [0.29, 0.717) is 5.21 Å². The molecule has 2 heteroatoms. The molecule has 2 rings (SSSR count). The van der Waals surface area contributed by atoms with Crippen molar-refractivity contribution in [1.29, 1.82) is 0 Å². The zero-order valence-corrected chi connectivity index (χ0v) is 6.22. The van der Waals surface area contributed by atoms with E-state index in [0.717, 1.165) is 11.8 Å². The van der Waals surface area contributed by atoms with Crippen LogP contribution in [0.3, 0.4) is 0 Å². The van der Waals surface area contributed by atoms with Crippen LogP contribution in [0.25, 0.3) is 0 Å². The Hall–Kier alpha value is -0.130. The Kier molecular flexibility index (Phi) is 0.924. The molecule has 0 amide bonds. The lowest BCUT2D eigenvalue weighted by atomic mass is 9.63. The zero-order valence-electron chi connectivity index (χ0n) is 6.22. The maximum Gasteiger partial charge on any atom is 0.100 e. The van der Waals surface area contributed by atoms with Gasteiger partial charge in [-0.25, -0.2) is 0 Å². The van der Waals surface area contributed by atoms with E-state index in [4.69, 9.17) is 0 Å². The summed E-state index contributed by atoms with van der Waals surface area (Å²) in [6, 6.07) is 0. The summed E-state index contributed by atoms with van der Waals surface area (Å²) in [4.78, 5) is 0. The second-order valence-corrected chi connectivity index (χ2v) is 3.96. The van der Waals surface area contributed by atoms with E-state index in [1.807, 2.05) is 0 Å². The molecular weight excluding hydrogens is 106 g/mol. The molecule has 0 N–H and O–H groups in total. The highest BCUT2D eigenvalue weighted by Crippen LogP contribution is 2.64. The molecule has 2 aliphatic carbocycles. The minimum absolute atomic E-state index is 0.660. The summed E-state index contributed by atoms with van der Waals surface area (Å²) in [5.41, 5.74) is 0. The maximum absolute atomic E-state index is 2.41. The fourth-order valence-corrected chi connectivity index (χ4v) is 2.24. The van der Waals surface area contributed by atoms with E-state index < -0.39 is 0 Å². The Balaban J connectivity index is 2.19. The molecule has 0 aliphatic heterocycles. The Labute approximate surface area is 58.5 Å². The fourth-order valence-electron chi connectivity index (χ4n) is 2.24. The van der Waals surface area contributed by atoms with Gasteiger partial charge in [-0.05, 0) is 24.7 Å². The van der Waals surface area contributed by atoms with Gasteiger partial charge in [0, 0.05) is 0 Å². The summed E-state index contributed by atoms with van der Waals surface area (Å²) in [6.07, 6.45) is 7.52. The third-order valence-corrected chi connectivity index (χ3v) is 3.13. The lowest BCUT2D eigenvalue weighted by Crippen LogP contribution is -1.93. The van der Waals surface area contributed by atoms with Gasteiger partial charge in [0.2, 0.25) is 0 Å². The first-order chi connectivity index (χ1) is 4.23. The molecule has 2 unspecified atom stereocenters. The molecular formula is C7H12B2. The van der Waals surface area contributed by atoms with Crippen LogP contribution < -0.4 is 0 Å². The van der Waals surface area contributed by atoms with Crippen LogP contribution in [-0.4, -0.2) is 15.7 Å². The van der Waals surface area contributed by atoms with Crippen LogP contribution in [-0.2, 0) is 0 Å². The summed E-state index contributed by atoms with van der Waals surface area (Å²) in [5.74, 6) is 1.97. The summed E-state index contributed by atoms with van der Waals surface area (Å²) in [7, 11) is 4.77. The highest BCUT2D eigenvalue weighted by Gasteiger charge is 2.55. The van der Waals surface area contributed by atoms with Gasteiger partial charge < -0.3 is 0 Å². The Bertz CT molecular complexity index is 160. The van der Waals surface area contributed by atoms with Crippen LogP contribution in [0.5, 0.6) is 0 Å². The second-order valence-electron chi connectivity index (χ2n) is 3.96. The topological polar surface area (TPSA) is 0 Å². The van der Waals surface area contributed by atoms with Gasteiger partial charge in [-0.1, -0.05) is 17.4 Å². The molecule has 46 valence electrons. The van der Waals surface area contributed by atoms with Gasteiger partial charge in [-0.3, -0.25) is 0 Å². The number of allylic oxidation sites excluding steroid dienone is 2. The van der Waals surface area contributed by atoms with Crippen molar-refractivity contribution in [1.82, 2.24) is 0 Å². The summed E-state index contributed by atoms with van der Waals surface area (Å²) in [6.45, 7) is 0. The molecule has 1 saturated carbocycles. The minimum atomic E-state index is 0.660. The predicted molar refractivity (Wildman–Crippen MR) is 45.1 cm³/mol. The van der Waals surface area contributed by atoms with Crippen molar-refractivity contribution < 1.29 is 0 Å². The first-order valence-corrected chi connectivity index (χ1v) is 3.89. The first kappa shape index (κ1) is 5.64. The molecule has 0 heterocycles. The lowest BCUT2D eigenvalue weighted by Gasteiger charge is -1.98. The highest BCUT2D eigenvalue weighted by molar-refractivity contribution is 6.43. The summed E-state index contributed by atoms with van der Waals surface area (Å²) >= 11 is 0. The van der Waals surface area contributed by atoms with Crippen LogP contribution in [0.2, 0.25) is 5.21 Å². The normalized spacial score (nSPS) is 44.0. The van der Waals surface area contributed by atoms with Gasteiger partial charge in [-0.15, -0.1) is 0 Å². The Morgan fingerprint density at radius 3 is 2.67 bits per heavy atom. The zero-order chi connectivity index (χ0) is 6.48. The lowest BCUT2D eigenvalue weighted by molar-refractivity contribution is 0.679. The second kappa shape index (κ2) is 1.47. The van der Waals surface area contributed by atoms with Crippen molar-refractivity contribution in [2.75, 3.05) is 0 Å². The number of fused-ring (bicyclic) bond motifs is 1. The predicted octanol–water partition coefficient (Wildman–Crippen LogP) is -0.0352. The van der Waals surface area contributed by atoms with E-state index in [1.165, 1.54) is 12.8 Å². The van der Waals surface area contributed by atoms with Crippen molar-refractivity contribution in [3.8, 4) is 0 Å². The van der Waals surface area contributed by atoms with Crippen LogP contribution in [0.1, 0.15) is 12.8 Å². The number of hydrogen-bond donors (Lipinski definition) is 0. The Morgan fingerprint density at radius 1 is 1.44 bits per heavy atom. The van der Waals surface area contributed by atoms with Crippen molar-refractivity contribution in [2.24, 2.45) is 11.8 Å². The van der Waals surface area contributed by atoms with Crippen LogP contribution in [0, 0.1) is 11.8 Å². The minimum Gasteiger partial charge on any atom is -0.0883 e. The van der Waals surface area contributed by atoms with Crippen LogP contribution >= 0.6 is 0 Å². The average Bonchev–Trinajstić information content (AvgIpc) is 2.39. The molecule has 9 heavy (non-hydrogen) atoms. The third kappa shape index (κ3) is 0.623. The average molecular weight is 118 g/mol. The van der Waals surface area contributed by atoms with Crippen molar-refractivity contribution in [2.45, 2.75) is 18.1 Å². The maximum atomic E-state index is 2.41. The van der Waals surface area contributed by atoms with E-state index in [2.05, 4.69) is 27.8 Å². The largest absolute Gasteiger partial charge is 0.100 e. The smallest absolute Gasteiger partial charge is 0.0883 e. The van der Waals surface area contributed by atoms with Gasteiger partial charge in [0.25, 0.3) is 0 Å². The number of rotatable bonds is 0. The molecule has 2 atom stereocenters. The Morgan fingerprint density at radius 2 is 2.22 bits per heavy atom. The molecule has 2 aliphatic rings. The molecule has 0 nitrogen and oxygen atoms in total. The molecule has 0 radical (unpaired) electrons. The SMILES string of the molecule is BC1(B)C2C=CCCC21. The first-order valence-electron chi connectivity index (χ1n) is 3.89. The van der Waals surface area contributed by atoms with Gasteiger partial charge >= 0.3 is 0 Å². The van der Waals surface area contributed by atoms with Gasteiger partial charge in [0.15, 0.2) is 0 Å². The molecule has 0 aromatic rings. The standard InChI is InChI=1S/C7H12B2/c8-7(9)5-3-1-2-4-6(5)7/h1,3,5-6H,2,4,8-9H2. The van der Waals surface area contributed by atoms with Gasteiger partial charge in [0.05, 0.1) is 0 Å². The van der Waals surface area contributed by atoms with E-state index in [-0.39, 0.29) is 0 Å². The summed E-state index contributed by atoms with van der Waals surface area (Å²) in [5, 5.41) is 0.660.